The van der Waals surface area contributed by atoms with Gasteiger partial charge in [0.15, 0.2) is 14.6 Å². The third-order valence-corrected chi connectivity index (χ3v) is 6.95. The molecule has 0 aliphatic heterocycles. The molecule has 1 heterocycles. The van der Waals surface area contributed by atoms with Crippen LogP contribution in [0.1, 0.15) is 13.3 Å². The van der Waals surface area contributed by atoms with E-state index < -0.39 is 21.6 Å². The first-order valence-corrected chi connectivity index (χ1v) is 11.0. The molecule has 0 saturated carbocycles. The van der Waals surface area contributed by atoms with E-state index in [0.717, 1.165) is 22.3 Å². The number of hydrogen-bond acceptors (Lipinski definition) is 4. The van der Waals surface area contributed by atoms with Crippen LogP contribution in [-0.2, 0) is 21.2 Å². The third-order valence-electron chi connectivity index (χ3n) is 3.94. The molecule has 1 aromatic heterocycles. The highest BCUT2D eigenvalue weighted by molar-refractivity contribution is 7.91. The maximum absolute atomic E-state index is 12.9. The van der Waals surface area contributed by atoms with Crippen LogP contribution in [0.2, 0.25) is 5.02 Å². The summed E-state index contributed by atoms with van der Waals surface area (Å²) < 4.78 is 40.3. The molecule has 5 nitrogen and oxygen atoms in total. The second-order valence-corrected chi connectivity index (χ2v) is 9.32. The van der Waals surface area contributed by atoms with Crippen LogP contribution in [0.5, 0.6) is 0 Å². The fourth-order valence-corrected chi connectivity index (χ4v) is 5.20. The first-order valence-electron chi connectivity index (χ1n) is 8.15. The van der Waals surface area contributed by atoms with Crippen LogP contribution in [0, 0.1) is 5.82 Å². The van der Waals surface area contributed by atoms with Crippen LogP contribution in [0.3, 0.4) is 0 Å². The van der Waals surface area contributed by atoms with E-state index in [1.54, 1.807) is 12.1 Å². The lowest BCUT2D eigenvalue weighted by Gasteiger charge is -2.03. The lowest BCUT2D eigenvalue weighted by atomic mass is 10.3. The standard InChI is InChI=1S/C18H16ClFN2O3S2/c1-2-22-15-8-3-12(19)11-16(15)26-18(22)21-17(23)9-10-27(24,25)14-6-4-13(20)5-7-14/h3-8,11H,2,9-10H2,1H3. The van der Waals surface area contributed by atoms with Crippen molar-refractivity contribution in [2.24, 2.45) is 4.99 Å². The molecule has 1 amide bonds. The van der Waals surface area contributed by atoms with E-state index in [0.29, 0.717) is 16.4 Å². The number of thiazole rings is 1. The van der Waals surface area contributed by atoms with E-state index >= 15 is 0 Å². The van der Waals surface area contributed by atoms with Gasteiger partial charge in [-0.15, -0.1) is 0 Å². The second kappa shape index (κ2) is 7.92. The highest BCUT2D eigenvalue weighted by Crippen LogP contribution is 2.22. The molecule has 142 valence electrons. The third kappa shape index (κ3) is 4.45. The fourth-order valence-electron chi connectivity index (χ4n) is 2.58. The van der Waals surface area contributed by atoms with Crippen molar-refractivity contribution in [2.45, 2.75) is 24.8 Å². The zero-order valence-corrected chi connectivity index (χ0v) is 16.7. The van der Waals surface area contributed by atoms with Crippen molar-refractivity contribution >= 4 is 48.9 Å². The molecule has 0 aliphatic rings. The number of aromatic nitrogens is 1. The molecule has 3 aromatic rings. The molecule has 27 heavy (non-hydrogen) atoms. The summed E-state index contributed by atoms with van der Waals surface area (Å²) in [7, 11) is -3.68. The first kappa shape index (κ1) is 19.7. The van der Waals surface area contributed by atoms with Gasteiger partial charge in [-0.2, -0.15) is 4.99 Å². The Hall–Kier alpha value is -2.03. The number of fused-ring (bicyclic) bond motifs is 1. The zero-order valence-electron chi connectivity index (χ0n) is 14.4. The monoisotopic (exact) mass is 426 g/mol. The Morgan fingerprint density at radius 3 is 2.59 bits per heavy atom. The summed E-state index contributed by atoms with van der Waals surface area (Å²) in [6, 6.07) is 9.96. The highest BCUT2D eigenvalue weighted by Gasteiger charge is 2.17. The number of sulfone groups is 1. The van der Waals surface area contributed by atoms with Gasteiger partial charge in [-0.1, -0.05) is 22.9 Å². The Kier molecular flexibility index (Phi) is 5.78. The maximum Gasteiger partial charge on any atom is 0.249 e. The molecule has 0 N–H and O–H groups in total. The molecule has 0 aliphatic carbocycles. The molecule has 0 atom stereocenters. The molecule has 0 fully saturated rings. The maximum atomic E-state index is 12.9. The number of aryl methyl sites for hydroxylation is 1. The van der Waals surface area contributed by atoms with E-state index in [9.17, 15) is 17.6 Å². The quantitative estimate of drug-likeness (QED) is 0.582. The van der Waals surface area contributed by atoms with Crippen molar-refractivity contribution in [3.8, 4) is 0 Å². The minimum Gasteiger partial charge on any atom is -0.317 e. The average molecular weight is 427 g/mol. The predicted molar refractivity (Wildman–Crippen MR) is 104 cm³/mol. The Labute approximate surface area is 164 Å². The van der Waals surface area contributed by atoms with Crippen LogP contribution in [-0.4, -0.2) is 24.6 Å². The number of benzene rings is 2. The van der Waals surface area contributed by atoms with Crippen molar-refractivity contribution in [2.75, 3.05) is 5.75 Å². The lowest BCUT2D eigenvalue weighted by molar-refractivity contribution is -0.117. The SMILES string of the molecule is CCn1c(=NC(=O)CCS(=O)(=O)c2ccc(F)cc2)sc2cc(Cl)ccc21. The van der Waals surface area contributed by atoms with E-state index in [4.69, 9.17) is 11.6 Å². The number of rotatable bonds is 5. The zero-order chi connectivity index (χ0) is 19.6. The number of halogens is 2. The minimum absolute atomic E-state index is 0.0168. The van der Waals surface area contributed by atoms with Gasteiger partial charge in [0.2, 0.25) is 5.91 Å². The molecule has 2 aromatic carbocycles. The molecule has 0 unspecified atom stereocenters. The van der Waals surface area contributed by atoms with Gasteiger partial charge in [-0.3, -0.25) is 4.79 Å². The molecule has 0 bridgehead atoms. The molecule has 0 spiro atoms. The van der Waals surface area contributed by atoms with E-state index in [2.05, 4.69) is 4.99 Å². The van der Waals surface area contributed by atoms with Crippen LogP contribution in [0.4, 0.5) is 4.39 Å². The number of nitrogens with zero attached hydrogens (tertiary/aromatic N) is 2. The summed E-state index contributed by atoms with van der Waals surface area (Å²) >= 11 is 7.33. The van der Waals surface area contributed by atoms with Crippen molar-refractivity contribution in [3.05, 3.63) is 58.1 Å². The highest BCUT2D eigenvalue weighted by atomic mass is 35.5. The van der Waals surface area contributed by atoms with E-state index in [1.807, 2.05) is 17.6 Å². The largest absolute Gasteiger partial charge is 0.317 e. The number of hydrogen-bond donors (Lipinski definition) is 0. The summed E-state index contributed by atoms with van der Waals surface area (Å²) in [5, 5.41) is 0.593. The number of amides is 1. The smallest absolute Gasteiger partial charge is 0.249 e. The summed E-state index contributed by atoms with van der Waals surface area (Å²) in [6.45, 7) is 2.55. The van der Waals surface area contributed by atoms with Gasteiger partial charge in [-0.05, 0) is 49.4 Å². The molecular weight excluding hydrogens is 411 g/mol. The molecule has 9 heteroatoms. The fraction of sp³-hybridized carbons (Fsp3) is 0.222. The summed E-state index contributed by atoms with van der Waals surface area (Å²) in [5.41, 5.74) is 0.914. The summed E-state index contributed by atoms with van der Waals surface area (Å²) in [4.78, 5) is 16.8. The normalized spacial score (nSPS) is 12.6. The molecular formula is C18H16ClFN2O3S2. The average Bonchev–Trinajstić information content (AvgIpc) is 2.96. The first-order chi connectivity index (χ1) is 12.8. The van der Waals surface area contributed by atoms with Gasteiger partial charge in [0, 0.05) is 18.0 Å². The number of carbonyl (C=O) groups excluding carboxylic acids is 1. The van der Waals surface area contributed by atoms with E-state index in [-0.39, 0.29) is 17.1 Å². The van der Waals surface area contributed by atoms with Crippen LogP contribution >= 0.6 is 22.9 Å². The Morgan fingerprint density at radius 1 is 1.22 bits per heavy atom. The van der Waals surface area contributed by atoms with Gasteiger partial charge in [-0.25, -0.2) is 12.8 Å². The van der Waals surface area contributed by atoms with Gasteiger partial charge < -0.3 is 4.57 Å². The van der Waals surface area contributed by atoms with Crippen LogP contribution in [0.25, 0.3) is 10.2 Å². The van der Waals surface area contributed by atoms with Crippen molar-refractivity contribution in [1.29, 1.82) is 0 Å². The van der Waals surface area contributed by atoms with Crippen molar-refractivity contribution < 1.29 is 17.6 Å². The summed E-state index contributed by atoms with van der Waals surface area (Å²) in [6.07, 6.45) is -0.252. The number of carbonyl (C=O) groups is 1. The lowest BCUT2D eigenvalue weighted by Crippen LogP contribution is -2.17. The Balaban J connectivity index is 1.83. The van der Waals surface area contributed by atoms with Gasteiger partial charge in [0.05, 0.1) is 20.9 Å². The van der Waals surface area contributed by atoms with Gasteiger partial charge in [0.1, 0.15) is 5.82 Å². The van der Waals surface area contributed by atoms with E-state index in [1.165, 1.54) is 23.5 Å². The molecule has 0 saturated heterocycles. The van der Waals surface area contributed by atoms with Crippen molar-refractivity contribution in [1.82, 2.24) is 4.57 Å². The Morgan fingerprint density at radius 2 is 1.93 bits per heavy atom. The topological polar surface area (TPSA) is 68.5 Å². The van der Waals surface area contributed by atoms with Crippen molar-refractivity contribution in [3.63, 3.8) is 0 Å². The van der Waals surface area contributed by atoms with Crippen LogP contribution < -0.4 is 4.80 Å². The Bertz CT molecular complexity index is 1170. The summed E-state index contributed by atoms with van der Waals surface area (Å²) in [5.74, 6) is -1.43. The molecule has 3 rings (SSSR count). The predicted octanol–water partition coefficient (Wildman–Crippen LogP) is 3.81. The second-order valence-electron chi connectivity index (χ2n) is 5.77. The van der Waals surface area contributed by atoms with Gasteiger partial charge >= 0.3 is 0 Å². The van der Waals surface area contributed by atoms with Crippen LogP contribution in [0.15, 0.2) is 52.4 Å². The molecule has 0 radical (unpaired) electrons. The minimum atomic E-state index is -3.68. The van der Waals surface area contributed by atoms with Gasteiger partial charge in [0.25, 0.3) is 0 Å².